The molecule has 0 fully saturated rings. The topological polar surface area (TPSA) is 96.1 Å². The summed E-state index contributed by atoms with van der Waals surface area (Å²) in [4.78, 5) is 32.1. The molecule has 156 valence electrons. The number of fused-ring (bicyclic) bond motifs is 1. The molecular weight excluding hydrogens is 439 g/mol. The van der Waals surface area contributed by atoms with Gasteiger partial charge in [0, 0.05) is 40.1 Å². The smallest absolute Gasteiger partial charge is 0.273 e. The zero-order chi connectivity index (χ0) is 22.0. The Morgan fingerprint density at radius 3 is 2.61 bits per heavy atom. The number of hydrogen-bond acceptors (Lipinski definition) is 4. The number of ether oxygens (including phenoxy) is 1. The number of carbonyl (C=O) groups is 2. The number of H-pyrrole nitrogens is 1. The molecule has 0 radical (unpaired) electrons. The molecule has 0 aliphatic carbocycles. The van der Waals surface area contributed by atoms with Gasteiger partial charge in [-0.15, -0.1) is 0 Å². The van der Waals surface area contributed by atoms with Crippen LogP contribution in [0.25, 0.3) is 10.9 Å². The van der Waals surface area contributed by atoms with Crippen LogP contribution < -0.4 is 15.4 Å². The fraction of sp³-hybridized carbons (Fsp3) is 0.0455. The molecule has 0 aliphatic rings. The number of aromatic nitrogens is 2. The standard InChI is InChI=1S/C22H16Cl2N4O3/c1-31-18-10-14(5-7-17(18)28-21(29)12-3-2-8-25-11-12)26-22(30)20-19(24)15-9-13(23)4-6-16(15)27-20/h2-11,27H,1H3,(H,26,30)(H,28,29). The Balaban J connectivity index is 1.55. The lowest BCUT2D eigenvalue weighted by atomic mass is 10.2. The minimum Gasteiger partial charge on any atom is -0.494 e. The molecule has 2 amide bonds. The zero-order valence-corrected chi connectivity index (χ0v) is 17.7. The summed E-state index contributed by atoms with van der Waals surface area (Å²) in [5.41, 5.74) is 2.24. The third-order valence-corrected chi connectivity index (χ3v) is 5.18. The van der Waals surface area contributed by atoms with Crippen LogP contribution in [0.2, 0.25) is 10.0 Å². The molecule has 7 nitrogen and oxygen atoms in total. The highest BCUT2D eigenvalue weighted by atomic mass is 35.5. The number of pyridine rings is 1. The van der Waals surface area contributed by atoms with Gasteiger partial charge in [0.05, 0.1) is 23.4 Å². The van der Waals surface area contributed by atoms with E-state index in [1.165, 1.54) is 13.3 Å². The summed E-state index contributed by atoms with van der Waals surface area (Å²) in [7, 11) is 1.47. The van der Waals surface area contributed by atoms with E-state index in [4.69, 9.17) is 27.9 Å². The normalized spacial score (nSPS) is 10.7. The van der Waals surface area contributed by atoms with E-state index in [2.05, 4.69) is 20.6 Å². The van der Waals surface area contributed by atoms with Crippen LogP contribution >= 0.6 is 23.2 Å². The van der Waals surface area contributed by atoms with Crippen LogP contribution in [-0.4, -0.2) is 28.9 Å². The van der Waals surface area contributed by atoms with E-state index in [1.807, 2.05) is 0 Å². The molecule has 0 saturated heterocycles. The van der Waals surface area contributed by atoms with Gasteiger partial charge in [0.15, 0.2) is 0 Å². The lowest BCUT2D eigenvalue weighted by molar-refractivity contribution is 0.101. The van der Waals surface area contributed by atoms with Crippen molar-refractivity contribution in [1.29, 1.82) is 0 Å². The second-order valence-corrected chi connectivity index (χ2v) is 7.38. The van der Waals surface area contributed by atoms with Crippen LogP contribution in [0.5, 0.6) is 5.75 Å². The lowest BCUT2D eigenvalue weighted by Gasteiger charge is -2.12. The van der Waals surface area contributed by atoms with Gasteiger partial charge < -0.3 is 20.4 Å². The van der Waals surface area contributed by atoms with Crippen LogP contribution in [0.15, 0.2) is 60.9 Å². The molecule has 9 heteroatoms. The average Bonchev–Trinajstić information content (AvgIpc) is 3.11. The number of nitrogens with one attached hydrogen (secondary N) is 3. The maximum atomic E-state index is 12.8. The summed E-state index contributed by atoms with van der Waals surface area (Å²) in [6.45, 7) is 0. The van der Waals surface area contributed by atoms with Gasteiger partial charge in [-0.25, -0.2) is 0 Å². The van der Waals surface area contributed by atoms with Crippen LogP contribution in [0.4, 0.5) is 11.4 Å². The fourth-order valence-electron chi connectivity index (χ4n) is 3.05. The van der Waals surface area contributed by atoms with Crippen LogP contribution in [-0.2, 0) is 0 Å². The van der Waals surface area contributed by atoms with Gasteiger partial charge in [0.1, 0.15) is 11.4 Å². The molecule has 4 rings (SSSR count). The van der Waals surface area contributed by atoms with Crippen molar-refractivity contribution in [3.8, 4) is 5.75 Å². The quantitative estimate of drug-likeness (QED) is 0.376. The second kappa shape index (κ2) is 8.67. The number of halogens is 2. The third-order valence-electron chi connectivity index (χ3n) is 4.56. The predicted molar refractivity (Wildman–Crippen MR) is 121 cm³/mol. The zero-order valence-electron chi connectivity index (χ0n) is 16.2. The first-order valence-corrected chi connectivity index (χ1v) is 9.89. The number of benzene rings is 2. The number of carbonyl (C=O) groups excluding carboxylic acids is 2. The number of amides is 2. The Bertz CT molecular complexity index is 1290. The van der Waals surface area contributed by atoms with Crippen molar-refractivity contribution in [3.05, 3.63) is 82.2 Å². The Morgan fingerprint density at radius 1 is 1.03 bits per heavy atom. The Labute approximate surface area is 187 Å². The van der Waals surface area contributed by atoms with Crippen molar-refractivity contribution in [2.75, 3.05) is 17.7 Å². The first-order valence-electron chi connectivity index (χ1n) is 9.14. The number of methoxy groups -OCH3 is 1. The van der Waals surface area contributed by atoms with Gasteiger partial charge >= 0.3 is 0 Å². The highest BCUT2D eigenvalue weighted by Gasteiger charge is 2.18. The van der Waals surface area contributed by atoms with E-state index in [1.54, 1.807) is 54.7 Å². The van der Waals surface area contributed by atoms with E-state index < -0.39 is 5.91 Å². The monoisotopic (exact) mass is 454 g/mol. The van der Waals surface area contributed by atoms with E-state index >= 15 is 0 Å². The first-order chi connectivity index (χ1) is 15.0. The molecule has 2 heterocycles. The van der Waals surface area contributed by atoms with Gasteiger partial charge in [-0.1, -0.05) is 23.2 Å². The molecule has 0 unspecified atom stereocenters. The molecule has 4 aromatic rings. The molecule has 2 aromatic heterocycles. The third kappa shape index (κ3) is 4.33. The lowest BCUT2D eigenvalue weighted by Crippen LogP contribution is -2.14. The summed E-state index contributed by atoms with van der Waals surface area (Å²) in [5.74, 6) is -0.372. The molecule has 31 heavy (non-hydrogen) atoms. The molecule has 2 aromatic carbocycles. The summed E-state index contributed by atoms with van der Waals surface area (Å²) < 4.78 is 5.36. The minimum absolute atomic E-state index is 0.215. The number of anilines is 2. The molecule has 0 spiro atoms. The summed E-state index contributed by atoms with van der Waals surface area (Å²) in [6.07, 6.45) is 3.05. The maximum Gasteiger partial charge on any atom is 0.273 e. The fourth-order valence-corrected chi connectivity index (χ4v) is 3.51. The van der Waals surface area contributed by atoms with Crippen molar-refractivity contribution < 1.29 is 14.3 Å². The Kier molecular flexibility index (Phi) is 5.79. The van der Waals surface area contributed by atoms with E-state index in [0.29, 0.717) is 38.6 Å². The Hall–Kier alpha value is -3.55. The maximum absolute atomic E-state index is 12.8. The molecule has 0 atom stereocenters. The molecular formula is C22H16Cl2N4O3. The number of hydrogen-bond donors (Lipinski definition) is 3. The minimum atomic E-state index is -0.425. The van der Waals surface area contributed by atoms with Crippen LogP contribution in [0, 0.1) is 0 Å². The average molecular weight is 455 g/mol. The van der Waals surface area contributed by atoms with Crippen molar-refractivity contribution in [1.82, 2.24) is 9.97 Å². The number of rotatable bonds is 5. The molecule has 3 N–H and O–H groups in total. The highest BCUT2D eigenvalue weighted by Crippen LogP contribution is 2.32. The van der Waals surface area contributed by atoms with Gasteiger partial charge in [-0.2, -0.15) is 0 Å². The molecule has 0 aliphatic heterocycles. The largest absolute Gasteiger partial charge is 0.494 e. The van der Waals surface area contributed by atoms with E-state index in [0.717, 1.165) is 0 Å². The van der Waals surface area contributed by atoms with Crippen LogP contribution in [0.1, 0.15) is 20.8 Å². The van der Waals surface area contributed by atoms with Crippen molar-refractivity contribution >= 4 is 57.3 Å². The van der Waals surface area contributed by atoms with Crippen molar-refractivity contribution in [2.45, 2.75) is 0 Å². The summed E-state index contributed by atoms with van der Waals surface area (Å²) in [6, 6.07) is 13.4. The van der Waals surface area contributed by atoms with E-state index in [9.17, 15) is 9.59 Å². The number of aromatic amines is 1. The summed E-state index contributed by atoms with van der Waals surface area (Å²) >= 11 is 12.4. The Morgan fingerprint density at radius 2 is 1.87 bits per heavy atom. The van der Waals surface area contributed by atoms with Crippen molar-refractivity contribution in [3.63, 3.8) is 0 Å². The molecule has 0 bridgehead atoms. The highest BCUT2D eigenvalue weighted by molar-refractivity contribution is 6.40. The molecule has 0 saturated carbocycles. The SMILES string of the molecule is COc1cc(NC(=O)c2[nH]c3ccc(Cl)cc3c2Cl)ccc1NC(=O)c1cccnc1. The first kappa shape index (κ1) is 20.7. The van der Waals surface area contributed by atoms with E-state index in [-0.39, 0.29) is 16.6 Å². The second-order valence-electron chi connectivity index (χ2n) is 6.57. The van der Waals surface area contributed by atoms with Gasteiger partial charge in [-0.05, 0) is 42.5 Å². The van der Waals surface area contributed by atoms with Gasteiger partial charge in [0.25, 0.3) is 11.8 Å². The predicted octanol–water partition coefficient (Wildman–Crippen LogP) is 5.38. The number of nitrogens with zero attached hydrogens (tertiary/aromatic N) is 1. The van der Waals surface area contributed by atoms with Crippen LogP contribution in [0.3, 0.4) is 0 Å². The van der Waals surface area contributed by atoms with Gasteiger partial charge in [0.2, 0.25) is 0 Å². The van der Waals surface area contributed by atoms with Crippen molar-refractivity contribution in [2.24, 2.45) is 0 Å². The van der Waals surface area contributed by atoms with Gasteiger partial charge in [-0.3, -0.25) is 14.6 Å². The summed E-state index contributed by atoms with van der Waals surface area (Å²) in [5, 5.41) is 7.00.